The van der Waals surface area contributed by atoms with Crippen LogP contribution < -0.4 is 4.74 Å². The SMILES string of the molecule is C=CC(=O)OCCCOc1ccc(C2CCC(O[C@@H](C)CCC)CC2)cc1. The fraction of sp³-hybridized carbons (Fsp3) is 0.609. The molecular formula is C23H34O4. The van der Waals surface area contributed by atoms with Gasteiger partial charge < -0.3 is 14.2 Å². The van der Waals surface area contributed by atoms with E-state index in [2.05, 4.69) is 32.6 Å². The van der Waals surface area contributed by atoms with Gasteiger partial charge in [0.1, 0.15) is 5.75 Å². The van der Waals surface area contributed by atoms with Crippen molar-refractivity contribution in [2.24, 2.45) is 0 Å². The molecule has 0 aromatic heterocycles. The lowest BCUT2D eigenvalue weighted by atomic mass is 9.82. The maximum absolute atomic E-state index is 10.9. The van der Waals surface area contributed by atoms with Crippen LogP contribution in [0.25, 0.3) is 0 Å². The average molecular weight is 375 g/mol. The topological polar surface area (TPSA) is 44.8 Å². The smallest absolute Gasteiger partial charge is 0.330 e. The second kappa shape index (κ2) is 11.8. The number of ether oxygens (including phenoxy) is 3. The fourth-order valence-electron chi connectivity index (χ4n) is 3.65. The highest BCUT2D eigenvalue weighted by Gasteiger charge is 2.24. The van der Waals surface area contributed by atoms with Crippen LogP contribution in [0.15, 0.2) is 36.9 Å². The van der Waals surface area contributed by atoms with E-state index in [1.54, 1.807) is 0 Å². The van der Waals surface area contributed by atoms with E-state index in [-0.39, 0.29) is 5.97 Å². The van der Waals surface area contributed by atoms with E-state index in [9.17, 15) is 4.79 Å². The summed E-state index contributed by atoms with van der Waals surface area (Å²) in [5.74, 6) is 1.09. The van der Waals surface area contributed by atoms with Gasteiger partial charge >= 0.3 is 5.97 Å². The zero-order valence-electron chi connectivity index (χ0n) is 16.8. The van der Waals surface area contributed by atoms with Crippen LogP contribution in [0.1, 0.15) is 70.3 Å². The maximum atomic E-state index is 10.9. The van der Waals surface area contributed by atoms with Gasteiger partial charge in [0, 0.05) is 12.5 Å². The number of esters is 1. The van der Waals surface area contributed by atoms with Crippen LogP contribution >= 0.6 is 0 Å². The van der Waals surface area contributed by atoms with Crippen molar-refractivity contribution in [1.82, 2.24) is 0 Å². The Kier molecular flexibility index (Phi) is 9.40. The second-order valence-corrected chi connectivity index (χ2v) is 7.35. The molecule has 0 heterocycles. The largest absolute Gasteiger partial charge is 0.493 e. The third-order valence-corrected chi connectivity index (χ3v) is 5.11. The summed E-state index contributed by atoms with van der Waals surface area (Å²) in [5.41, 5.74) is 1.39. The number of carbonyl (C=O) groups excluding carboxylic acids is 1. The van der Waals surface area contributed by atoms with E-state index in [4.69, 9.17) is 14.2 Å². The van der Waals surface area contributed by atoms with Crippen LogP contribution in [-0.2, 0) is 14.3 Å². The van der Waals surface area contributed by atoms with Gasteiger partial charge in [-0.2, -0.15) is 0 Å². The molecule has 1 saturated carbocycles. The lowest BCUT2D eigenvalue weighted by Crippen LogP contribution is -2.24. The van der Waals surface area contributed by atoms with E-state index < -0.39 is 0 Å². The molecule has 1 atom stereocenters. The van der Waals surface area contributed by atoms with Crippen LogP contribution in [-0.4, -0.2) is 31.4 Å². The number of hydrogen-bond donors (Lipinski definition) is 0. The van der Waals surface area contributed by atoms with Gasteiger partial charge in [-0.25, -0.2) is 4.79 Å². The molecule has 0 unspecified atom stereocenters. The summed E-state index contributed by atoms with van der Waals surface area (Å²) in [6.45, 7) is 8.65. The van der Waals surface area contributed by atoms with Gasteiger partial charge in [0.05, 0.1) is 25.4 Å². The molecule has 0 radical (unpaired) electrons. The van der Waals surface area contributed by atoms with Crippen LogP contribution in [0, 0.1) is 0 Å². The lowest BCUT2D eigenvalue weighted by molar-refractivity contribution is -0.137. The van der Waals surface area contributed by atoms with Gasteiger partial charge in [-0.1, -0.05) is 32.1 Å². The van der Waals surface area contributed by atoms with Gasteiger partial charge in [0.15, 0.2) is 0 Å². The van der Waals surface area contributed by atoms with E-state index >= 15 is 0 Å². The summed E-state index contributed by atoms with van der Waals surface area (Å²) in [5, 5.41) is 0. The van der Waals surface area contributed by atoms with Gasteiger partial charge in [0.2, 0.25) is 0 Å². The molecule has 0 aliphatic heterocycles. The summed E-state index contributed by atoms with van der Waals surface area (Å²) < 4.78 is 16.8. The van der Waals surface area contributed by atoms with Crippen molar-refractivity contribution < 1.29 is 19.0 Å². The Morgan fingerprint density at radius 1 is 1.19 bits per heavy atom. The molecule has 2 rings (SSSR count). The minimum Gasteiger partial charge on any atom is -0.493 e. The lowest BCUT2D eigenvalue weighted by Gasteiger charge is -2.30. The van der Waals surface area contributed by atoms with Crippen molar-refractivity contribution in [1.29, 1.82) is 0 Å². The highest BCUT2D eigenvalue weighted by atomic mass is 16.5. The van der Waals surface area contributed by atoms with Gasteiger partial charge in [0.25, 0.3) is 0 Å². The number of hydrogen-bond acceptors (Lipinski definition) is 4. The molecule has 0 bridgehead atoms. The first kappa shape index (κ1) is 21.5. The molecule has 0 amide bonds. The fourth-order valence-corrected chi connectivity index (χ4v) is 3.65. The van der Waals surface area contributed by atoms with Crippen molar-refractivity contribution in [2.75, 3.05) is 13.2 Å². The molecule has 0 N–H and O–H groups in total. The highest BCUT2D eigenvalue weighted by molar-refractivity contribution is 5.81. The van der Waals surface area contributed by atoms with E-state index in [1.165, 1.54) is 30.9 Å². The molecule has 1 aliphatic rings. The van der Waals surface area contributed by atoms with Crippen LogP contribution in [0.4, 0.5) is 0 Å². The Bertz CT molecular complexity index is 558. The Morgan fingerprint density at radius 2 is 1.89 bits per heavy atom. The zero-order chi connectivity index (χ0) is 19.5. The van der Waals surface area contributed by atoms with Crippen LogP contribution in [0.3, 0.4) is 0 Å². The van der Waals surface area contributed by atoms with Gasteiger partial charge in [-0.15, -0.1) is 0 Å². The third-order valence-electron chi connectivity index (χ3n) is 5.11. The van der Waals surface area contributed by atoms with E-state index in [1.807, 2.05) is 12.1 Å². The molecule has 1 aromatic carbocycles. The molecule has 1 fully saturated rings. The molecule has 0 saturated heterocycles. The monoisotopic (exact) mass is 374 g/mol. The van der Waals surface area contributed by atoms with Crippen molar-refractivity contribution in [3.8, 4) is 5.75 Å². The summed E-state index contributed by atoms with van der Waals surface area (Å²) in [4.78, 5) is 10.9. The molecular weight excluding hydrogens is 340 g/mol. The molecule has 4 nitrogen and oxygen atoms in total. The predicted octanol–water partition coefficient (Wildman–Crippen LogP) is 5.42. The van der Waals surface area contributed by atoms with E-state index in [0.717, 1.165) is 25.0 Å². The van der Waals surface area contributed by atoms with Gasteiger partial charge in [-0.05, 0) is 62.6 Å². The predicted molar refractivity (Wildman–Crippen MR) is 108 cm³/mol. The van der Waals surface area contributed by atoms with Crippen molar-refractivity contribution in [2.45, 2.75) is 76.9 Å². The van der Waals surface area contributed by atoms with Crippen molar-refractivity contribution in [3.63, 3.8) is 0 Å². The van der Waals surface area contributed by atoms with E-state index in [0.29, 0.717) is 37.8 Å². The summed E-state index contributed by atoms with van der Waals surface area (Å²) in [6, 6.07) is 8.44. The Morgan fingerprint density at radius 3 is 2.52 bits per heavy atom. The molecule has 0 spiro atoms. The first-order valence-corrected chi connectivity index (χ1v) is 10.3. The summed E-state index contributed by atoms with van der Waals surface area (Å²) in [7, 11) is 0. The highest BCUT2D eigenvalue weighted by Crippen LogP contribution is 2.35. The Hall–Kier alpha value is -1.81. The molecule has 150 valence electrons. The molecule has 4 heteroatoms. The van der Waals surface area contributed by atoms with Crippen LogP contribution in [0.2, 0.25) is 0 Å². The number of carbonyl (C=O) groups is 1. The van der Waals surface area contributed by atoms with Gasteiger partial charge in [-0.3, -0.25) is 0 Å². The number of rotatable bonds is 11. The molecule has 1 aliphatic carbocycles. The summed E-state index contributed by atoms with van der Waals surface area (Å²) in [6.07, 6.45) is 9.68. The second-order valence-electron chi connectivity index (χ2n) is 7.35. The zero-order valence-corrected chi connectivity index (χ0v) is 16.8. The minimum atomic E-state index is -0.390. The van der Waals surface area contributed by atoms with Crippen LogP contribution in [0.5, 0.6) is 5.75 Å². The quantitative estimate of drug-likeness (QED) is 0.295. The molecule has 27 heavy (non-hydrogen) atoms. The Labute approximate surface area is 163 Å². The third kappa shape index (κ3) is 7.76. The Balaban J connectivity index is 1.68. The van der Waals surface area contributed by atoms with Crippen molar-refractivity contribution >= 4 is 5.97 Å². The first-order chi connectivity index (χ1) is 13.1. The summed E-state index contributed by atoms with van der Waals surface area (Å²) >= 11 is 0. The van der Waals surface area contributed by atoms with Crippen molar-refractivity contribution in [3.05, 3.63) is 42.5 Å². The number of benzene rings is 1. The normalized spacial score (nSPS) is 20.7. The minimum absolute atomic E-state index is 0.352. The first-order valence-electron chi connectivity index (χ1n) is 10.3. The molecule has 1 aromatic rings. The standard InChI is InChI=1S/C23H34O4/c1-4-7-18(3)27-22-14-10-20(11-15-22)19-8-12-21(13-9-19)25-16-6-17-26-23(24)5-2/h5,8-9,12-13,18,20,22H,2,4,6-7,10-11,14-17H2,1,3H3/t18-,20?,22?/m0/s1. The average Bonchev–Trinajstić information content (AvgIpc) is 2.69. The maximum Gasteiger partial charge on any atom is 0.330 e.